The highest BCUT2D eigenvalue weighted by atomic mass is 32.1. The maximum atomic E-state index is 12.7. The van der Waals surface area contributed by atoms with Crippen LogP contribution in [0.5, 0.6) is 0 Å². The van der Waals surface area contributed by atoms with Crippen molar-refractivity contribution in [2.75, 3.05) is 11.9 Å². The number of hydrogen-bond acceptors (Lipinski definition) is 7. The topological polar surface area (TPSA) is 103 Å². The first kappa shape index (κ1) is 20.4. The molecule has 1 N–H and O–H groups in total. The van der Waals surface area contributed by atoms with Crippen LogP contribution < -0.4 is 10.9 Å². The summed E-state index contributed by atoms with van der Waals surface area (Å²) in [5, 5.41) is 13.0. The zero-order chi connectivity index (χ0) is 21.8. The van der Waals surface area contributed by atoms with Crippen molar-refractivity contribution in [3.8, 4) is 11.1 Å². The van der Waals surface area contributed by atoms with E-state index in [0.29, 0.717) is 21.5 Å². The molecule has 4 rings (SSSR count). The molecule has 0 aliphatic heterocycles. The fourth-order valence-electron chi connectivity index (χ4n) is 3.12. The molecule has 0 atom stereocenters. The normalized spacial score (nSPS) is 10.7. The molecule has 2 aromatic carbocycles. The Morgan fingerprint density at radius 3 is 2.61 bits per heavy atom. The number of rotatable bonds is 6. The number of fused-ring (bicyclic) bond motifs is 1. The fourth-order valence-corrected chi connectivity index (χ4v) is 4.09. The van der Waals surface area contributed by atoms with E-state index in [0.717, 1.165) is 10.2 Å². The SMILES string of the molecule is CCOC(=O)c1c(-c2ccccc2)csc1NC(=O)Cn1nnc2ccccc2c1=O. The number of aromatic nitrogens is 3. The zero-order valence-electron chi connectivity index (χ0n) is 16.6. The number of nitrogens with one attached hydrogen (secondary N) is 1. The molecule has 2 aromatic heterocycles. The predicted molar refractivity (Wildman–Crippen MR) is 118 cm³/mol. The van der Waals surface area contributed by atoms with E-state index in [2.05, 4.69) is 15.6 Å². The second kappa shape index (κ2) is 8.88. The van der Waals surface area contributed by atoms with Gasteiger partial charge in [0.05, 0.1) is 12.0 Å². The Morgan fingerprint density at radius 2 is 1.84 bits per heavy atom. The van der Waals surface area contributed by atoms with Crippen molar-refractivity contribution in [1.82, 2.24) is 15.0 Å². The van der Waals surface area contributed by atoms with Crippen LogP contribution >= 0.6 is 11.3 Å². The highest BCUT2D eigenvalue weighted by Crippen LogP contribution is 2.36. The number of nitrogens with zero attached hydrogens (tertiary/aromatic N) is 3. The number of thiophene rings is 1. The molecule has 0 aliphatic carbocycles. The molecule has 0 saturated heterocycles. The van der Waals surface area contributed by atoms with Crippen LogP contribution in [0.3, 0.4) is 0 Å². The summed E-state index contributed by atoms with van der Waals surface area (Å²) >= 11 is 1.21. The van der Waals surface area contributed by atoms with Crippen molar-refractivity contribution in [2.45, 2.75) is 13.5 Å². The average Bonchev–Trinajstić information content (AvgIpc) is 3.20. The van der Waals surface area contributed by atoms with Crippen molar-refractivity contribution in [2.24, 2.45) is 0 Å². The van der Waals surface area contributed by atoms with Gasteiger partial charge >= 0.3 is 5.97 Å². The predicted octanol–water partition coefficient (Wildman–Crippen LogP) is 3.34. The van der Waals surface area contributed by atoms with Crippen LogP contribution in [0.25, 0.3) is 22.0 Å². The van der Waals surface area contributed by atoms with Crippen LogP contribution in [0.1, 0.15) is 17.3 Å². The third kappa shape index (κ3) is 4.22. The van der Waals surface area contributed by atoms with Gasteiger partial charge in [0, 0.05) is 10.9 Å². The summed E-state index contributed by atoms with van der Waals surface area (Å²) in [7, 11) is 0. The van der Waals surface area contributed by atoms with Crippen LogP contribution in [-0.4, -0.2) is 33.5 Å². The minimum absolute atomic E-state index is 0.207. The van der Waals surface area contributed by atoms with Gasteiger partial charge in [-0.05, 0) is 24.6 Å². The molecule has 0 fully saturated rings. The fraction of sp³-hybridized carbons (Fsp3) is 0.136. The van der Waals surface area contributed by atoms with Crippen LogP contribution in [0.2, 0.25) is 0 Å². The molecule has 0 spiro atoms. The Balaban J connectivity index is 1.62. The minimum atomic E-state index is -0.527. The molecule has 0 radical (unpaired) electrons. The van der Waals surface area contributed by atoms with E-state index in [4.69, 9.17) is 4.74 Å². The van der Waals surface area contributed by atoms with Gasteiger partial charge in [0.1, 0.15) is 22.6 Å². The van der Waals surface area contributed by atoms with Gasteiger partial charge in [0.25, 0.3) is 5.56 Å². The third-order valence-corrected chi connectivity index (χ3v) is 5.43. The van der Waals surface area contributed by atoms with Gasteiger partial charge in [-0.3, -0.25) is 9.59 Å². The maximum Gasteiger partial charge on any atom is 0.341 e. The Hall–Kier alpha value is -3.85. The van der Waals surface area contributed by atoms with Crippen molar-refractivity contribution >= 4 is 39.1 Å². The number of benzene rings is 2. The largest absolute Gasteiger partial charge is 0.462 e. The molecular weight excluding hydrogens is 416 g/mol. The van der Waals surface area contributed by atoms with Gasteiger partial charge < -0.3 is 10.1 Å². The summed E-state index contributed by atoms with van der Waals surface area (Å²) in [5.41, 5.74) is 1.83. The quantitative estimate of drug-likeness (QED) is 0.467. The first-order chi connectivity index (χ1) is 15.1. The molecule has 9 heteroatoms. The Kier molecular flexibility index (Phi) is 5.85. The number of anilines is 1. The number of amides is 1. The van der Waals surface area contributed by atoms with Gasteiger partial charge in [0.15, 0.2) is 0 Å². The second-order valence-electron chi connectivity index (χ2n) is 6.56. The molecule has 1 amide bonds. The summed E-state index contributed by atoms with van der Waals surface area (Å²) in [5.74, 6) is -1.03. The summed E-state index contributed by atoms with van der Waals surface area (Å²) in [6.07, 6.45) is 0. The van der Waals surface area contributed by atoms with Gasteiger partial charge in [-0.2, -0.15) is 0 Å². The molecule has 2 heterocycles. The molecule has 8 nitrogen and oxygen atoms in total. The van der Waals surface area contributed by atoms with Crippen LogP contribution in [0.4, 0.5) is 5.00 Å². The Morgan fingerprint density at radius 1 is 1.10 bits per heavy atom. The maximum absolute atomic E-state index is 12.7. The number of esters is 1. The molecule has 156 valence electrons. The van der Waals surface area contributed by atoms with Crippen LogP contribution in [0.15, 0.2) is 64.8 Å². The number of carbonyl (C=O) groups is 2. The van der Waals surface area contributed by atoms with Crippen molar-refractivity contribution in [1.29, 1.82) is 0 Å². The average molecular weight is 434 g/mol. The molecule has 0 unspecified atom stereocenters. The molecule has 0 aliphatic rings. The monoisotopic (exact) mass is 434 g/mol. The third-order valence-electron chi connectivity index (χ3n) is 4.53. The Bertz CT molecular complexity index is 1310. The van der Waals surface area contributed by atoms with Gasteiger partial charge in [-0.15, -0.1) is 16.4 Å². The van der Waals surface area contributed by atoms with E-state index >= 15 is 0 Å². The number of hydrogen-bond donors (Lipinski definition) is 1. The van der Waals surface area contributed by atoms with E-state index in [9.17, 15) is 14.4 Å². The lowest BCUT2D eigenvalue weighted by molar-refractivity contribution is -0.117. The second-order valence-corrected chi connectivity index (χ2v) is 7.44. The molecule has 31 heavy (non-hydrogen) atoms. The first-order valence-electron chi connectivity index (χ1n) is 9.55. The minimum Gasteiger partial charge on any atom is -0.462 e. The lowest BCUT2D eigenvalue weighted by Crippen LogP contribution is -2.30. The summed E-state index contributed by atoms with van der Waals surface area (Å²) < 4.78 is 6.19. The van der Waals surface area contributed by atoms with Gasteiger partial charge in [0.2, 0.25) is 5.91 Å². The molecule has 0 saturated carbocycles. The van der Waals surface area contributed by atoms with Crippen molar-refractivity contribution in [3.05, 3.63) is 75.9 Å². The van der Waals surface area contributed by atoms with E-state index in [1.807, 2.05) is 30.3 Å². The summed E-state index contributed by atoms with van der Waals surface area (Å²) in [4.78, 5) is 37.9. The molecular formula is C22H18N4O4S. The van der Waals surface area contributed by atoms with E-state index < -0.39 is 17.4 Å². The zero-order valence-corrected chi connectivity index (χ0v) is 17.4. The first-order valence-corrected chi connectivity index (χ1v) is 10.4. The highest BCUT2D eigenvalue weighted by Gasteiger charge is 2.23. The highest BCUT2D eigenvalue weighted by molar-refractivity contribution is 7.15. The van der Waals surface area contributed by atoms with Crippen molar-refractivity contribution < 1.29 is 14.3 Å². The number of carbonyl (C=O) groups excluding carboxylic acids is 2. The van der Waals surface area contributed by atoms with Crippen LogP contribution in [0, 0.1) is 0 Å². The van der Waals surface area contributed by atoms with Gasteiger partial charge in [-0.1, -0.05) is 47.7 Å². The van der Waals surface area contributed by atoms with Crippen molar-refractivity contribution in [3.63, 3.8) is 0 Å². The summed E-state index contributed by atoms with van der Waals surface area (Å²) in [6, 6.07) is 16.1. The number of ether oxygens (including phenoxy) is 1. The van der Waals surface area contributed by atoms with E-state index in [1.165, 1.54) is 11.3 Å². The molecule has 0 bridgehead atoms. The van der Waals surface area contributed by atoms with Crippen LogP contribution in [-0.2, 0) is 16.1 Å². The molecule has 4 aromatic rings. The summed E-state index contributed by atoms with van der Waals surface area (Å²) in [6.45, 7) is 1.59. The standard InChI is InChI=1S/C22H18N4O4S/c1-2-30-22(29)19-16(14-8-4-3-5-9-14)13-31-20(19)23-18(27)12-26-21(28)15-10-6-7-11-17(15)24-25-26/h3-11,13H,2,12H2,1H3,(H,23,27). The van der Waals surface area contributed by atoms with Gasteiger partial charge in [-0.25, -0.2) is 9.48 Å². The Labute approximate surface area is 181 Å². The van der Waals surface area contributed by atoms with E-state index in [-0.39, 0.29) is 18.7 Å². The smallest absolute Gasteiger partial charge is 0.341 e. The lowest BCUT2D eigenvalue weighted by Gasteiger charge is -2.09. The van der Waals surface area contributed by atoms with E-state index in [1.54, 1.807) is 36.6 Å². The lowest BCUT2D eigenvalue weighted by atomic mass is 10.0.